The number of nitrogens with one attached hydrogen (secondary N) is 1. The van der Waals surface area contributed by atoms with Crippen LogP contribution in [0.25, 0.3) is 0 Å². The summed E-state index contributed by atoms with van der Waals surface area (Å²) in [5, 5.41) is 13.7. The predicted molar refractivity (Wildman–Crippen MR) is 99.7 cm³/mol. The Bertz CT molecular complexity index is 823. The number of aromatic hydroxyl groups is 1. The second kappa shape index (κ2) is 8.63. The molecular weight excluding hydrogens is 458 g/mol. The quantitative estimate of drug-likeness (QED) is 0.444. The van der Waals surface area contributed by atoms with Crippen LogP contribution in [0.15, 0.2) is 50.4 Å². The Balaban J connectivity index is 1.99. The molecule has 0 radical (unpaired) electrons. The normalized spacial score (nSPS) is 10.6. The van der Waals surface area contributed by atoms with E-state index in [1.165, 1.54) is 12.3 Å². The van der Waals surface area contributed by atoms with Crippen LogP contribution in [0.1, 0.15) is 15.9 Å². The molecule has 0 unspecified atom stereocenters. The van der Waals surface area contributed by atoms with Crippen LogP contribution < -0.4 is 15.9 Å². The summed E-state index contributed by atoms with van der Waals surface area (Å²) in [6, 6.07) is 9.78. The van der Waals surface area contributed by atoms with Crippen molar-refractivity contribution in [2.45, 2.75) is 0 Å². The molecule has 25 heavy (non-hydrogen) atoms. The molecule has 0 saturated carbocycles. The predicted octanol–water partition coefficient (Wildman–Crippen LogP) is 2.55. The fourth-order valence-electron chi connectivity index (χ4n) is 1.77. The fraction of sp³-hybridized carbons (Fsp3) is 0.0625. The summed E-state index contributed by atoms with van der Waals surface area (Å²) in [4.78, 5) is 22.7. The Kier molecular flexibility index (Phi) is 6.54. The number of nitrogens with two attached hydrogens (primary N) is 1. The van der Waals surface area contributed by atoms with Crippen LogP contribution in [0.5, 0.6) is 11.5 Å². The van der Waals surface area contributed by atoms with E-state index >= 15 is 0 Å². The molecule has 2 aromatic carbocycles. The van der Waals surface area contributed by atoms with Crippen molar-refractivity contribution in [3.05, 3.63) is 56.5 Å². The van der Waals surface area contributed by atoms with Crippen LogP contribution in [-0.4, -0.2) is 29.7 Å². The average Bonchev–Trinajstić information content (AvgIpc) is 2.57. The van der Waals surface area contributed by atoms with E-state index in [0.29, 0.717) is 20.3 Å². The van der Waals surface area contributed by atoms with Crippen molar-refractivity contribution >= 4 is 49.9 Å². The first-order chi connectivity index (χ1) is 11.9. The smallest absolute Gasteiger partial charge is 0.275 e. The molecule has 0 heterocycles. The molecule has 0 spiro atoms. The number of amides is 2. The van der Waals surface area contributed by atoms with E-state index in [1.54, 1.807) is 30.3 Å². The molecule has 0 fully saturated rings. The molecule has 0 aliphatic carbocycles. The molecule has 0 aromatic heterocycles. The summed E-state index contributed by atoms with van der Waals surface area (Å²) in [6.07, 6.45) is 1.43. The van der Waals surface area contributed by atoms with Gasteiger partial charge in [0.05, 0.1) is 16.3 Å². The van der Waals surface area contributed by atoms with Crippen LogP contribution in [0, 0.1) is 0 Å². The van der Waals surface area contributed by atoms with Crippen molar-refractivity contribution in [2.24, 2.45) is 10.8 Å². The molecule has 9 heteroatoms. The van der Waals surface area contributed by atoms with Crippen LogP contribution in [-0.2, 0) is 4.79 Å². The number of hydrogen-bond donors (Lipinski definition) is 3. The highest BCUT2D eigenvalue weighted by Gasteiger charge is 2.14. The SMILES string of the molecule is NC(=O)COc1ccc(/C=N/NC(=O)c2cc(Br)cc(Br)c2O)cc1. The van der Waals surface area contributed by atoms with Gasteiger partial charge >= 0.3 is 0 Å². The third-order valence-corrected chi connectivity index (χ3v) is 3.98. The Morgan fingerprint density at radius 1 is 1.24 bits per heavy atom. The molecular formula is C16H13Br2N3O4. The van der Waals surface area contributed by atoms with Gasteiger partial charge in [-0.3, -0.25) is 9.59 Å². The molecule has 2 aromatic rings. The highest BCUT2D eigenvalue weighted by molar-refractivity contribution is 9.11. The van der Waals surface area contributed by atoms with Crippen molar-refractivity contribution < 1.29 is 19.4 Å². The number of rotatable bonds is 6. The van der Waals surface area contributed by atoms with Crippen LogP contribution in [0.4, 0.5) is 0 Å². The molecule has 130 valence electrons. The zero-order chi connectivity index (χ0) is 18.4. The Hall–Kier alpha value is -2.39. The largest absolute Gasteiger partial charge is 0.506 e. The lowest BCUT2D eigenvalue weighted by Gasteiger charge is -2.06. The molecule has 2 rings (SSSR count). The van der Waals surface area contributed by atoms with Gasteiger partial charge in [-0.1, -0.05) is 15.9 Å². The van der Waals surface area contributed by atoms with Gasteiger partial charge in [0.25, 0.3) is 11.8 Å². The number of carbonyl (C=O) groups is 2. The van der Waals surface area contributed by atoms with Crippen molar-refractivity contribution in [2.75, 3.05) is 6.61 Å². The zero-order valence-electron chi connectivity index (χ0n) is 12.7. The van der Waals surface area contributed by atoms with E-state index in [1.807, 2.05) is 0 Å². The van der Waals surface area contributed by atoms with Gasteiger partial charge in [-0.25, -0.2) is 5.43 Å². The minimum absolute atomic E-state index is 0.0774. The lowest BCUT2D eigenvalue weighted by atomic mass is 10.2. The van der Waals surface area contributed by atoms with Crippen molar-refractivity contribution in [1.29, 1.82) is 0 Å². The van der Waals surface area contributed by atoms with Crippen LogP contribution in [0.2, 0.25) is 0 Å². The van der Waals surface area contributed by atoms with E-state index < -0.39 is 11.8 Å². The van der Waals surface area contributed by atoms with Gasteiger partial charge in [0.1, 0.15) is 11.5 Å². The lowest BCUT2D eigenvalue weighted by Crippen LogP contribution is -2.20. The Morgan fingerprint density at radius 3 is 2.56 bits per heavy atom. The van der Waals surface area contributed by atoms with E-state index in [9.17, 15) is 14.7 Å². The molecule has 0 aliphatic rings. The van der Waals surface area contributed by atoms with Gasteiger partial charge in [-0.2, -0.15) is 5.10 Å². The monoisotopic (exact) mass is 469 g/mol. The number of benzene rings is 2. The van der Waals surface area contributed by atoms with Gasteiger partial charge < -0.3 is 15.6 Å². The number of phenolic OH excluding ortho intramolecular Hbond substituents is 1. The maximum absolute atomic E-state index is 12.1. The number of ether oxygens (including phenoxy) is 1. The number of halogens is 2. The molecule has 0 atom stereocenters. The summed E-state index contributed by atoms with van der Waals surface area (Å²) >= 11 is 6.41. The number of hydrogen-bond acceptors (Lipinski definition) is 5. The van der Waals surface area contributed by atoms with Crippen molar-refractivity contribution in [3.63, 3.8) is 0 Å². The molecule has 2 amide bonds. The third kappa shape index (κ3) is 5.57. The highest BCUT2D eigenvalue weighted by atomic mass is 79.9. The number of phenols is 1. The Labute approximate surface area is 160 Å². The topological polar surface area (TPSA) is 114 Å². The first-order valence-corrected chi connectivity index (χ1v) is 8.48. The average molecular weight is 471 g/mol. The second-order valence-electron chi connectivity index (χ2n) is 4.81. The van der Waals surface area contributed by atoms with E-state index in [2.05, 4.69) is 42.4 Å². The van der Waals surface area contributed by atoms with E-state index in [0.717, 1.165) is 0 Å². The first-order valence-electron chi connectivity index (χ1n) is 6.89. The first kappa shape index (κ1) is 18.9. The molecule has 7 nitrogen and oxygen atoms in total. The molecule has 4 N–H and O–H groups in total. The van der Waals surface area contributed by atoms with Gasteiger partial charge in [0.2, 0.25) is 0 Å². The van der Waals surface area contributed by atoms with Crippen molar-refractivity contribution in [1.82, 2.24) is 5.43 Å². The minimum atomic E-state index is -0.559. The number of nitrogens with zero attached hydrogens (tertiary/aromatic N) is 1. The van der Waals surface area contributed by atoms with Gasteiger partial charge in [-0.15, -0.1) is 0 Å². The Morgan fingerprint density at radius 2 is 1.92 bits per heavy atom. The van der Waals surface area contributed by atoms with E-state index in [4.69, 9.17) is 10.5 Å². The summed E-state index contributed by atoms with van der Waals surface area (Å²) in [5.74, 6) is -0.802. The lowest BCUT2D eigenvalue weighted by molar-refractivity contribution is -0.119. The fourth-order valence-corrected chi connectivity index (χ4v) is 2.99. The minimum Gasteiger partial charge on any atom is -0.506 e. The molecule has 0 aliphatic heterocycles. The van der Waals surface area contributed by atoms with Crippen LogP contribution in [0.3, 0.4) is 0 Å². The maximum Gasteiger partial charge on any atom is 0.275 e. The number of carbonyl (C=O) groups excluding carboxylic acids is 2. The summed E-state index contributed by atoms with van der Waals surface area (Å²) in [5.41, 5.74) is 8.10. The van der Waals surface area contributed by atoms with Gasteiger partial charge in [0.15, 0.2) is 6.61 Å². The third-order valence-electron chi connectivity index (χ3n) is 2.91. The number of primary amides is 1. The van der Waals surface area contributed by atoms with Gasteiger partial charge in [0, 0.05) is 4.47 Å². The number of hydrazone groups is 1. The highest BCUT2D eigenvalue weighted by Crippen LogP contribution is 2.31. The van der Waals surface area contributed by atoms with Gasteiger partial charge in [-0.05, 0) is 57.9 Å². The van der Waals surface area contributed by atoms with Crippen molar-refractivity contribution in [3.8, 4) is 11.5 Å². The second-order valence-corrected chi connectivity index (χ2v) is 6.58. The van der Waals surface area contributed by atoms with E-state index in [-0.39, 0.29) is 17.9 Å². The zero-order valence-corrected chi connectivity index (χ0v) is 15.9. The van der Waals surface area contributed by atoms with Crippen LogP contribution >= 0.6 is 31.9 Å². The summed E-state index contributed by atoms with van der Waals surface area (Å²) in [7, 11) is 0. The molecule has 0 bridgehead atoms. The summed E-state index contributed by atoms with van der Waals surface area (Å²) < 4.78 is 6.16. The summed E-state index contributed by atoms with van der Waals surface area (Å²) in [6.45, 7) is -0.199. The standard InChI is InChI=1S/C16H13Br2N3O4/c17-10-5-12(15(23)13(18)6-10)16(24)21-20-7-9-1-3-11(4-2-9)25-8-14(19)22/h1-7,23H,8H2,(H2,19,22)(H,21,24)/b20-7+. The molecule has 0 saturated heterocycles. The maximum atomic E-state index is 12.1.